The van der Waals surface area contributed by atoms with Crippen LogP contribution >= 0.6 is 23.4 Å². The Hall–Kier alpha value is -0.0800. The van der Waals surface area contributed by atoms with Crippen molar-refractivity contribution in [2.75, 3.05) is 0 Å². The van der Waals surface area contributed by atoms with Crippen LogP contribution in [0, 0.1) is 0 Å². The summed E-state index contributed by atoms with van der Waals surface area (Å²) < 4.78 is 5.36. The molecular formula is C4H3ClOS. The van der Waals surface area contributed by atoms with Crippen LogP contribution < -0.4 is 0 Å². The summed E-state index contributed by atoms with van der Waals surface area (Å²) in [5.41, 5.74) is 0. The second-order valence-corrected chi connectivity index (χ2v) is 2.53. The smallest absolute Gasteiger partial charge is 0.116 e. The quantitative estimate of drug-likeness (QED) is 0.503. The summed E-state index contributed by atoms with van der Waals surface area (Å²) in [6.07, 6.45) is 3.07. The monoisotopic (exact) mass is 134 g/mol. The fraction of sp³-hybridized carbons (Fsp3) is 0. The summed E-state index contributed by atoms with van der Waals surface area (Å²) in [6.45, 7) is 0. The first kappa shape index (κ1) is 5.06. The fourth-order valence-electron chi connectivity index (χ4n) is 0.245. The molecule has 0 aliphatic carbocycles. The molecular weight excluding hydrogens is 132 g/mol. The minimum atomic E-state index is 0.669. The zero-order valence-corrected chi connectivity index (χ0v) is 5.00. The molecule has 0 amide bonds. The molecule has 1 heterocycles. The number of hydrogen-bond donors (Lipinski definition) is 0. The van der Waals surface area contributed by atoms with Crippen molar-refractivity contribution in [3.05, 3.63) is 22.3 Å². The van der Waals surface area contributed by atoms with Crippen molar-refractivity contribution in [1.29, 1.82) is 0 Å². The molecule has 38 valence electrons. The molecule has 0 aromatic heterocycles. The van der Waals surface area contributed by atoms with Gasteiger partial charge in [0.05, 0.1) is 6.26 Å². The summed E-state index contributed by atoms with van der Waals surface area (Å²) in [4.78, 5) is 0. The highest BCUT2D eigenvalue weighted by molar-refractivity contribution is 8.07. The van der Waals surface area contributed by atoms with Crippen molar-refractivity contribution in [2.45, 2.75) is 0 Å². The van der Waals surface area contributed by atoms with E-state index in [2.05, 4.69) is 4.74 Å². The molecule has 0 radical (unpaired) electrons. The van der Waals surface area contributed by atoms with Crippen molar-refractivity contribution in [3.8, 4) is 0 Å². The summed E-state index contributed by atoms with van der Waals surface area (Å²) in [6, 6.07) is 0. The maximum absolute atomic E-state index is 5.46. The van der Waals surface area contributed by atoms with Gasteiger partial charge in [-0.3, -0.25) is 0 Å². The third kappa shape index (κ3) is 1.45. The first-order chi connectivity index (χ1) is 3.39. The Morgan fingerprint density at radius 1 is 1.71 bits per heavy atom. The molecule has 0 aromatic rings. The van der Waals surface area contributed by atoms with Crippen LogP contribution in [-0.4, -0.2) is 0 Å². The first-order valence-electron chi connectivity index (χ1n) is 1.72. The van der Waals surface area contributed by atoms with Gasteiger partial charge in [0.2, 0.25) is 0 Å². The summed E-state index contributed by atoms with van der Waals surface area (Å²) in [5.74, 6) is 0. The minimum absolute atomic E-state index is 0.669. The number of ether oxygens (including phenoxy) is 1. The van der Waals surface area contributed by atoms with E-state index >= 15 is 0 Å². The maximum Gasteiger partial charge on any atom is 0.116 e. The third-order valence-electron chi connectivity index (χ3n) is 0.475. The Bertz CT molecular complexity index is 119. The number of rotatable bonds is 0. The lowest BCUT2D eigenvalue weighted by molar-refractivity contribution is 0.402. The molecule has 1 aliphatic rings. The lowest BCUT2D eigenvalue weighted by Gasteiger charge is -1.97. The molecule has 0 N–H and O–H groups in total. The van der Waals surface area contributed by atoms with Gasteiger partial charge in [0.25, 0.3) is 0 Å². The van der Waals surface area contributed by atoms with E-state index in [0.29, 0.717) is 4.36 Å². The SMILES string of the molecule is ClC1=COC=CS1. The number of hydrogen-bond acceptors (Lipinski definition) is 2. The predicted octanol–water partition coefficient (Wildman–Crippen LogP) is 2.26. The standard InChI is InChI=1S/C4H3ClOS/c5-4-3-6-1-2-7-4/h1-3H. The van der Waals surface area contributed by atoms with Crippen LogP contribution in [0.4, 0.5) is 0 Å². The highest BCUT2D eigenvalue weighted by atomic mass is 35.5. The van der Waals surface area contributed by atoms with Gasteiger partial charge in [-0.2, -0.15) is 0 Å². The average Bonchev–Trinajstić information content (AvgIpc) is 1.69. The lowest BCUT2D eigenvalue weighted by Crippen LogP contribution is -1.71. The van der Waals surface area contributed by atoms with Gasteiger partial charge in [0.15, 0.2) is 0 Å². The van der Waals surface area contributed by atoms with Crippen LogP contribution in [0.1, 0.15) is 0 Å². The molecule has 7 heavy (non-hydrogen) atoms. The van der Waals surface area contributed by atoms with Gasteiger partial charge in [0, 0.05) is 5.41 Å². The van der Waals surface area contributed by atoms with Gasteiger partial charge in [-0.25, -0.2) is 0 Å². The van der Waals surface area contributed by atoms with Crippen LogP contribution in [0.25, 0.3) is 0 Å². The zero-order chi connectivity index (χ0) is 5.11. The van der Waals surface area contributed by atoms with Crippen molar-refractivity contribution in [2.24, 2.45) is 0 Å². The van der Waals surface area contributed by atoms with E-state index in [1.54, 1.807) is 11.7 Å². The van der Waals surface area contributed by atoms with Crippen molar-refractivity contribution < 1.29 is 4.74 Å². The van der Waals surface area contributed by atoms with E-state index < -0.39 is 0 Å². The Morgan fingerprint density at radius 2 is 2.57 bits per heavy atom. The van der Waals surface area contributed by atoms with Crippen LogP contribution in [0.15, 0.2) is 22.3 Å². The molecule has 0 spiro atoms. The molecule has 0 aromatic carbocycles. The van der Waals surface area contributed by atoms with E-state index in [1.807, 2.05) is 0 Å². The highest BCUT2D eigenvalue weighted by Crippen LogP contribution is 2.23. The van der Waals surface area contributed by atoms with Crippen LogP contribution in [0.2, 0.25) is 0 Å². The minimum Gasteiger partial charge on any atom is -0.470 e. The molecule has 1 rings (SSSR count). The molecule has 0 unspecified atom stereocenters. The van der Waals surface area contributed by atoms with Crippen molar-refractivity contribution in [1.82, 2.24) is 0 Å². The summed E-state index contributed by atoms with van der Waals surface area (Å²) in [5, 5.41) is 1.78. The van der Waals surface area contributed by atoms with Crippen LogP contribution in [0.3, 0.4) is 0 Å². The second kappa shape index (κ2) is 2.28. The molecule has 0 saturated heterocycles. The lowest BCUT2D eigenvalue weighted by atomic mass is 11.0. The van der Waals surface area contributed by atoms with E-state index in [0.717, 1.165) is 0 Å². The normalized spacial score (nSPS) is 18.1. The number of halogens is 1. The molecule has 0 saturated carbocycles. The topological polar surface area (TPSA) is 9.23 Å². The zero-order valence-electron chi connectivity index (χ0n) is 3.43. The first-order valence-corrected chi connectivity index (χ1v) is 2.98. The van der Waals surface area contributed by atoms with Crippen LogP contribution in [0.5, 0.6) is 0 Å². The predicted molar refractivity (Wildman–Crippen MR) is 31.8 cm³/mol. The van der Waals surface area contributed by atoms with Gasteiger partial charge >= 0.3 is 0 Å². The Kier molecular flexibility index (Phi) is 1.65. The van der Waals surface area contributed by atoms with Gasteiger partial charge < -0.3 is 4.74 Å². The highest BCUT2D eigenvalue weighted by Gasteiger charge is 1.91. The molecule has 0 bridgehead atoms. The van der Waals surface area contributed by atoms with E-state index in [4.69, 9.17) is 11.6 Å². The molecule has 0 atom stereocenters. The van der Waals surface area contributed by atoms with Gasteiger partial charge in [-0.05, 0) is 0 Å². The molecule has 1 aliphatic heterocycles. The average molecular weight is 135 g/mol. The summed E-state index contributed by atoms with van der Waals surface area (Å²) in [7, 11) is 0. The molecule has 3 heteroatoms. The Morgan fingerprint density at radius 3 is 2.86 bits per heavy atom. The van der Waals surface area contributed by atoms with Crippen molar-refractivity contribution >= 4 is 23.4 Å². The second-order valence-electron chi connectivity index (χ2n) is 0.948. The fourth-order valence-corrected chi connectivity index (χ4v) is 0.812. The summed E-state index contributed by atoms with van der Waals surface area (Å²) >= 11 is 6.90. The van der Waals surface area contributed by atoms with Gasteiger partial charge in [-0.15, -0.1) is 0 Å². The Balaban J connectivity index is 2.50. The molecule has 1 nitrogen and oxygen atoms in total. The van der Waals surface area contributed by atoms with E-state index in [1.165, 1.54) is 18.0 Å². The van der Waals surface area contributed by atoms with Gasteiger partial charge in [0.1, 0.15) is 10.6 Å². The van der Waals surface area contributed by atoms with Crippen molar-refractivity contribution in [3.63, 3.8) is 0 Å². The maximum atomic E-state index is 5.46. The van der Waals surface area contributed by atoms with Gasteiger partial charge in [-0.1, -0.05) is 23.4 Å². The third-order valence-corrected chi connectivity index (χ3v) is 1.40. The van der Waals surface area contributed by atoms with E-state index in [-0.39, 0.29) is 0 Å². The Labute approximate surface area is 51.0 Å². The van der Waals surface area contributed by atoms with E-state index in [9.17, 15) is 0 Å². The largest absolute Gasteiger partial charge is 0.470 e. The molecule has 0 fully saturated rings. The van der Waals surface area contributed by atoms with Crippen LogP contribution in [-0.2, 0) is 4.74 Å². The number of thioether (sulfide) groups is 1.